The molecule has 7 heteroatoms. The number of carbonyl (C=O) groups is 1. The van der Waals surface area contributed by atoms with Crippen LogP contribution in [-0.4, -0.2) is 41.4 Å². The number of amides is 1. The van der Waals surface area contributed by atoms with Crippen molar-refractivity contribution >= 4 is 28.9 Å². The average Bonchev–Trinajstić information content (AvgIpc) is 2.61. The summed E-state index contributed by atoms with van der Waals surface area (Å²) in [7, 11) is 0. The number of nitrogens with zero attached hydrogens (tertiary/aromatic N) is 3. The van der Waals surface area contributed by atoms with Gasteiger partial charge in [0.1, 0.15) is 0 Å². The van der Waals surface area contributed by atoms with E-state index >= 15 is 0 Å². The third-order valence-corrected chi connectivity index (χ3v) is 4.97. The number of benzene rings is 2. The van der Waals surface area contributed by atoms with Gasteiger partial charge in [-0.2, -0.15) is 0 Å². The molecule has 0 aromatic heterocycles. The van der Waals surface area contributed by atoms with Gasteiger partial charge in [-0.05, 0) is 32.0 Å². The fourth-order valence-electron chi connectivity index (χ4n) is 3.21. The van der Waals surface area contributed by atoms with Crippen LogP contribution in [-0.2, 0) is 0 Å². The highest BCUT2D eigenvalue weighted by molar-refractivity contribution is 6.33. The monoisotopic (exact) mass is 373 g/mol. The van der Waals surface area contributed by atoms with Crippen LogP contribution in [0.25, 0.3) is 0 Å². The van der Waals surface area contributed by atoms with Crippen molar-refractivity contribution in [1.29, 1.82) is 0 Å². The van der Waals surface area contributed by atoms with Crippen LogP contribution >= 0.6 is 11.6 Å². The molecule has 136 valence electrons. The summed E-state index contributed by atoms with van der Waals surface area (Å²) in [5.74, 6) is 0.0203. The molecule has 0 aliphatic carbocycles. The van der Waals surface area contributed by atoms with Gasteiger partial charge in [-0.3, -0.25) is 14.9 Å². The summed E-state index contributed by atoms with van der Waals surface area (Å²) in [5.41, 5.74) is 2.53. The lowest BCUT2D eigenvalue weighted by Gasteiger charge is -2.41. The van der Waals surface area contributed by atoms with Crippen molar-refractivity contribution in [3.63, 3.8) is 0 Å². The Hall–Kier alpha value is -2.60. The van der Waals surface area contributed by atoms with Crippen molar-refractivity contribution < 1.29 is 9.72 Å². The van der Waals surface area contributed by atoms with Crippen molar-refractivity contribution in [3.05, 3.63) is 68.7 Å². The van der Waals surface area contributed by atoms with E-state index < -0.39 is 4.92 Å². The maximum Gasteiger partial charge on any atom is 0.271 e. The molecule has 1 saturated heterocycles. The van der Waals surface area contributed by atoms with Gasteiger partial charge >= 0.3 is 0 Å². The van der Waals surface area contributed by atoms with Gasteiger partial charge in [0.25, 0.3) is 11.6 Å². The van der Waals surface area contributed by atoms with Crippen LogP contribution in [0.2, 0.25) is 5.02 Å². The Kier molecular flexibility index (Phi) is 5.13. The van der Waals surface area contributed by atoms with Crippen LogP contribution in [0.4, 0.5) is 11.4 Å². The number of nitro groups is 1. The number of aryl methyl sites for hydroxylation is 1. The zero-order valence-electron chi connectivity index (χ0n) is 14.7. The van der Waals surface area contributed by atoms with Crippen LogP contribution in [0.3, 0.4) is 0 Å². The summed E-state index contributed by atoms with van der Waals surface area (Å²) in [6.45, 7) is 5.80. The van der Waals surface area contributed by atoms with Gasteiger partial charge in [0, 0.05) is 43.4 Å². The van der Waals surface area contributed by atoms with Crippen molar-refractivity contribution in [2.45, 2.75) is 19.9 Å². The van der Waals surface area contributed by atoms with Gasteiger partial charge in [0.15, 0.2) is 0 Å². The smallest absolute Gasteiger partial charge is 0.271 e. The molecule has 6 nitrogen and oxygen atoms in total. The summed E-state index contributed by atoms with van der Waals surface area (Å²) in [5, 5.41) is 11.2. The normalized spacial score (nSPS) is 17.3. The van der Waals surface area contributed by atoms with Gasteiger partial charge in [0.05, 0.1) is 15.6 Å². The third-order valence-electron chi connectivity index (χ3n) is 4.67. The van der Waals surface area contributed by atoms with E-state index in [-0.39, 0.29) is 17.6 Å². The molecular formula is C19H20ClN3O3. The summed E-state index contributed by atoms with van der Waals surface area (Å²) >= 11 is 6.24. The van der Waals surface area contributed by atoms with Crippen LogP contribution in [0.5, 0.6) is 0 Å². The Morgan fingerprint density at radius 2 is 1.88 bits per heavy atom. The van der Waals surface area contributed by atoms with Crippen molar-refractivity contribution in [2.24, 2.45) is 0 Å². The predicted octanol–water partition coefficient (Wildman–Crippen LogP) is 3.91. The van der Waals surface area contributed by atoms with E-state index in [1.165, 1.54) is 12.1 Å². The number of piperazine rings is 1. The zero-order valence-corrected chi connectivity index (χ0v) is 15.4. The molecular weight excluding hydrogens is 354 g/mol. The molecule has 2 aromatic carbocycles. The largest absolute Gasteiger partial charge is 0.366 e. The highest BCUT2D eigenvalue weighted by Gasteiger charge is 2.29. The Morgan fingerprint density at radius 3 is 2.46 bits per heavy atom. The first-order valence-corrected chi connectivity index (χ1v) is 8.81. The topological polar surface area (TPSA) is 66.7 Å². The van der Waals surface area contributed by atoms with E-state index in [4.69, 9.17) is 11.6 Å². The average molecular weight is 374 g/mol. The van der Waals surface area contributed by atoms with Crippen LogP contribution in [0.1, 0.15) is 22.8 Å². The third kappa shape index (κ3) is 3.65. The zero-order chi connectivity index (χ0) is 18.8. The second kappa shape index (κ2) is 7.33. The fourth-order valence-corrected chi connectivity index (χ4v) is 3.50. The fraction of sp³-hybridized carbons (Fsp3) is 0.316. The van der Waals surface area contributed by atoms with Gasteiger partial charge in [0.2, 0.25) is 0 Å². The number of carbonyl (C=O) groups excluding carboxylic acids is 1. The molecule has 2 aromatic rings. The van der Waals surface area contributed by atoms with Crippen molar-refractivity contribution in [1.82, 2.24) is 4.90 Å². The second-order valence-corrected chi connectivity index (χ2v) is 6.96. The summed E-state index contributed by atoms with van der Waals surface area (Å²) < 4.78 is 0. The maximum absolute atomic E-state index is 12.8. The lowest BCUT2D eigenvalue weighted by Crippen LogP contribution is -2.54. The molecule has 1 aliphatic rings. The summed E-state index contributed by atoms with van der Waals surface area (Å²) in [4.78, 5) is 27.1. The Bertz CT molecular complexity index is 838. The predicted molar refractivity (Wildman–Crippen MR) is 102 cm³/mol. The van der Waals surface area contributed by atoms with E-state index in [1.807, 2.05) is 43.0 Å². The standard InChI is InChI=1S/C19H20ClN3O3/c1-13-3-5-15(6-4-13)19(24)22-10-9-21(12-14(22)2)18-8-7-16(23(25)26)11-17(18)20/h3-8,11,14H,9-10,12H2,1-2H3. The molecule has 0 radical (unpaired) electrons. The molecule has 1 amide bonds. The number of anilines is 1. The second-order valence-electron chi connectivity index (χ2n) is 6.55. The molecule has 0 N–H and O–H groups in total. The van der Waals surface area contributed by atoms with Crippen LogP contribution in [0, 0.1) is 17.0 Å². The molecule has 1 atom stereocenters. The van der Waals surface area contributed by atoms with Gasteiger partial charge in [-0.15, -0.1) is 0 Å². The van der Waals surface area contributed by atoms with E-state index in [2.05, 4.69) is 4.90 Å². The lowest BCUT2D eigenvalue weighted by atomic mass is 10.1. The molecule has 26 heavy (non-hydrogen) atoms. The van der Waals surface area contributed by atoms with Crippen LogP contribution in [0.15, 0.2) is 42.5 Å². The SMILES string of the molecule is Cc1ccc(C(=O)N2CCN(c3ccc([N+](=O)[O-])cc3Cl)CC2C)cc1. The van der Waals surface area contributed by atoms with Gasteiger partial charge in [-0.25, -0.2) is 0 Å². The first-order chi connectivity index (χ1) is 12.4. The minimum atomic E-state index is -0.462. The highest BCUT2D eigenvalue weighted by Crippen LogP contribution is 2.31. The number of rotatable bonds is 3. The van der Waals surface area contributed by atoms with E-state index in [9.17, 15) is 14.9 Å². The Balaban J connectivity index is 1.73. The van der Waals surface area contributed by atoms with E-state index in [0.29, 0.717) is 30.2 Å². The summed E-state index contributed by atoms with van der Waals surface area (Å²) in [6.07, 6.45) is 0. The molecule has 1 heterocycles. The number of hydrogen-bond acceptors (Lipinski definition) is 4. The number of non-ortho nitro benzene ring substituents is 1. The van der Waals surface area contributed by atoms with Gasteiger partial charge in [-0.1, -0.05) is 29.3 Å². The number of hydrogen-bond donors (Lipinski definition) is 0. The molecule has 0 spiro atoms. The molecule has 0 saturated carbocycles. The van der Waals surface area contributed by atoms with Crippen molar-refractivity contribution in [2.75, 3.05) is 24.5 Å². The number of nitro benzene ring substituents is 1. The lowest BCUT2D eigenvalue weighted by molar-refractivity contribution is -0.384. The van der Waals surface area contributed by atoms with Gasteiger partial charge < -0.3 is 9.80 Å². The minimum absolute atomic E-state index is 0.00353. The molecule has 1 fully saturated rings. The number of halogens is 1. The minimum Gasteiger partial charge on any atom is -0.366 e. The quantitative estimate of drug-likeness (QED) is 0.604. The Morgan fingerprint density at radius 1 is 1.19 bits per heavy atom. The summed E-state index contributed by atoms with van der Waals surface area (Å²) in [6, 6.07) is 12.1. The molecule has 3 rings (SSSR count). The van der Waals surface area contributed by atoms with E-state index in [0.717, 1.165) is 11.3 Å². The molecule has 0 bridgehead atoms. The Labute approximate surface area is 157 Å². The van der Waals surface area contributed by atoms with Crippen molar-refractivity contribution in [3.8, 4) is 0 Å². The highest BCUT2D eigenvalue weighted by atomic mass is 35.5. The first-order valence-electron chi connectivity index (χ1n) is 8.43. The maximum atomic E-state index is 12.8. The molecule has 1 aliphatic heterocycles. The van der Waals surface area contributed by atoms with Crippen LogP contribution < -0.4 is 4.90 Å². The van der Waals surface area contributed by atoms with E-state index in [1.54, 1.807) is 6.07 Å². The molecule has 1 unspecified atom stereocenters. The first kappa shape index (κ1) is 18.2.